The molecule has 1 saturated heterocycles. The average Bonchev–Trinajstić information content (AvgIpc) is 2.29. The van der Waals surface area contributed by atoms with E-state index in [0.29, 0.717) is 25.4 Å². The zero-order valence-electron chi connectivity index (χ0n) is 10.1. The van der Waals surface area contributed by atoms with Gasteiger partial charge in [-0.25, -0.2) is 0 Å². The highest BCUT2D eigenvalue weighted by Crippen LogP contribution is 2.15. The van der Waals surface area contributed by atoms with Crippen LogP contribution in [0.3, 0.4) is 0 Å². The Kier molecular flexibility index (Phi) is 5.29. The smallest absolute Gasteiger partial charge is 0.306 e. The number of esters is 1. The zero-order chi connectivity index (χ0) is 12.0. The molecule has 1 fully saturated rings. The Balaban J connectivity index is 2.23. The van der Waals surface area contributed by atoms with Gasteiger partial charge in [0.1, 0.15) is 6.10 Å². The van der Waals surface area contributed by atoms with Gasteiger partial charge < -0.3 is 9.64 Å². The van der Waals surface area contributed by atoms with Gasteiger partial charge in [0.05, 0.1) is 0 Å². The number of hydrogen-bond acceptors (Lipinski definition) is 3. The Labute approximate surface area is 96.9 Å². The fraction of sp³-hybridized carbons (Fsp3) is 0.833. The molecule has 0 radical (unpaired) electrons. The molecule has 0 N–H and O–H groups in total. The summed E-state index contributed by atoms with van der Waals surface area (Å²) in [5.74, 6) is 0.293. The highest BCUT2D eigenvalue weighted by molar-refractivity contribution is 5.69. The number of carbonyl (C=O) groups excluding carboxylic acids is 2. The van der Waals surface area contributed by atoms with E-state index in [1.54, 1.807) is 4.90 Å². The van der Waals surface area contributed by atoms with E-state index in [9.17, 15) is 9.59 Å². The molecule has 0 aliphatic carbocycles. The van der Waals surface area contributed by atoms with Gasteiger partial charge in [-0.15, -0.1) is 0 Å². The lowest BCUT2D eigenvalue weighted by Gasteiger charge is -2.29. The molecular weight excluding hydrogens is 206 g/mol. The molecule has 0 aromatic rings. The Morgan fingerprint density at radius 3 is 2.62 bits per heavy atom. The molecule has 1 unspecified atom stereocenters. The number of carbonyl (C=O) groups is 2. The lowest BCUT2D eigenvalue weighted by atomic mass is 10.1. The van der Waals surface area contributed by atoms with Crippen LogP contribution in [0.25, 0.3) is 0 Å². The SMILES string of the molecule is CCC(C)CC(=O)OC1CCN(C=O)CC1. The number of hydrogen-bond donors (Lipinski definition) is 0. The van der Waals surface area contributed by atoms with E-state index in [2.05, 4.69) is 13.8 Å². The van der Waals surface area contributed by atoms with E-state index >= 15 is 0 Å². The number of nitrogens with zero attached hydrogens (tertiary/aromatic N) is 1. The summed E-state index contributed by atoms with van der Waals surface area (Å²) >= 11 is 0. The molecule has 4 heteroatoms. The molecule has 1 rings (SSSR count). The Bertz CT molecular complexity index is 234. The first-order valence-electron chi connectivity index (χ1n) is 6.04. The molecule has 0 aromatic carbocycles. The molecule has 0 saturated carbocycles. The van der Waals surface area contributed by atoms with Crippen molar-refractivity contribution in [3.8, 4) is 0 Å². The largest absolute Gasteiger partial charge is 0.462 e. The first kappa shape index (κ1) is 13.0. The fourth-order valence-electron chi connectivity index (χ4n) is 1.76. The minimum absolute atomic E-state index is 0.00718. The maximum Gasteiger partial charge on any atom is 0.306 e. The van der Waals surface area contributed by atoms with Gasteiger partial charge in [0, 0.05) is 32.4 Å². The van der Waals surface area contributed by atoms with Gasteiger partial charge in [0.15, 0.2) is 0 Å². The summed E-state index contributed by atoms with van der Waals surface area (Å²) in [6.07, 6.45) is 3.91. The van der Waals surface area contributed by atoms with Crippen molar-refractivity contribution in [1.82, 2.24) is 4.90 Å². The summed E-state index contributed by atoms with van der Waals surface area (Å²) in [7, 11) is 0. The minimum Gasteiger partial charge on any atom is -0.462 e. The molecule has 92 valence electrons. The summed E-state index contributed by atoms with van der Waals surface area (Å²) in [6, 6.07) is 0. The Hall–Kier alpha value is -1.06. The third kappa shape index (κ3) is 4.21. The summed E-state index contributed by atoms with van der Waals surface area (Å²) in [5, 5.41) is 0. The topological polar surface area (TPSA) is 46.6 Å². The monoisotopic (exact) mass is 227 g/mol. The van der Waals surface area contributed by atoms with E-state index in [-0.39, 0.29) is 12.1 Å². The van der Waals surface area contributed by atoms with Crippen molar-refractivity contribution in [2.45, 2.75) is 45.6 Å². The first-order valence-corrected chi connectivity index (χ1v) is 6.04. The second-order valence-electron chi connectivity index (χ2n) is 4.55. The predicted molar refractivity (Wildman–Crippen MR) is 60.8 cm³/mol. The quantitative estimate of drug-likeness (QED) is 0.529. The highest BCUT2D eigenvalue weighted by atomic mass is 16.5. The summed E-state index contributed by atoms with van der Waals surface area (Å²) in [4.78, 5) is 23.7. The maximum absolute atomic E-state index is 11.5. The molecule has 0 spiro atoms. The van der Waals surface area contributed by atoms with Crippen molar-refractivity contribution in [1.29, 1.82) is 0 Å². The Morgan fingerprint density at radius 2 is 2.12 bits per heavy atom. The molecule has 16 heavy (non-hydrogen) atoms. The molecular formula is C12H21NO3. The van der Waals surface area contributed by atoms with Gasteiger partial charge in [0.25, 0.3) is 0 Å². The third-order valence-electron chi connectivity index (χ3n) is 3.14. The molecule has 1 heterocycles. The van der Waals surface area contributed by atoms with Crippen molar-refractivity contribution < 1.29 is 14.3 Å². The minimum atomic E-state index is -0.0982. The van der Waals surface area contributed by atoms with Gasteiger partial charge >= 0.3 is 5.97 Å². The number of rotatable bonds is 5. The van der Waals surface area contributed by atoms with Crippen LogP contribution in [-0.2, 0) is 14.3 Å². The second kappa shape index (κ2) is 6.51. The van der Waals surface area contributed by atoms with Crippen LogP contribution < -0.4 is 0 Å². The van der Waals surface area contributed by atoms with Gasteiger partial charge in [-0.1, -0.05) is 20.3 Å². The number of piperidine rings is 1. The van der Waals surface area contributed by atoms with Crippen molar-refractivity contribution in [3.63, 3.8) is 0 Å². The van der Waals surface area contributed by atoms with Crippen LogP contribution in [0.1, 0.15) is 39.5 Å². The summed E-state index contributed by atoms with van der Waals surface area (Å²) in [6.45, 7) is 5.52. The molecule has 0 bridgehead atoms. The average molecular weight is 227 g/mol. The highest BCUT2D eigenvalue weighted by Gasteiger charge is 2.21. The Morgan fingerprint density at radius 1 is 1.50 bits per heavy atom. The zero-order valence-corrected chi connectivity index (χ0v) is 10.1. The molecule has 1 aliphatic rings. The molecule has 1 atom stereocenters. The summed E-state index contributed by atoms with van der Waals surface area (Å²) < 4.78 is 5.38. The van der Waals surface area contributed by atoms with Crippen LogP contribution in [0.4, 0.5) is 0 Å². The lowest BCUT2D eigenvalue weighted by molar-refractivity contribution is -0.152. The van der Waals surface area contributed by atoms with Gasteiger partial charge in [-0.3, -0.25) is 9.59 Å². The van der Waals surface area contributed by atoms with Crippen molar-refractivity contribution >= 4 is 12.4 Å². The van der Waals surface area contributed by atoms with Crippen LogP contribution in [0.2, 0.25) is 0 Å². The molecule has 1 aliphatic heterocycles. The number of likely N-dealkylation sites (tertiary alicyclic amines) is 1. The van der Waals surface area contributed by atoms with Gasteiger partial charge in [-0.2, -0.15) is 0 Å². The lowest BCUT2D eigenvalue weighted by Crippen LogP contribution is -2.37. The van der Waals surface area contributed by atoms with Crippen molar-refractivity contribution in [2.75, 3.05) is 13.1 Å². The van der Waals surface area contributed by atoms with E-state index in [1.807, 2.05) is 0 Å². The van der Waals surface area contributed by atoms with E-state index in [0.717, 1.165) is 25.7 Å². The normalized spacial score (nSPS) is 19.2. The molecule has 1 amide bonds. The van der Waals surface area contributed by atoms with E-state index in [1.165, 1.54) is 0 Å². The maximum atomic E-state index is 11.5. The van der Waals surface area contributed by atoms with Crippen molar-refractivity contribution in [3.05, 3.63) is 0 Å². The van der Waals surface area contributed by atoms with Crippen LogP contribution in [0, 0.1) is 5.92 Å². The fourth-order valence-corrected chi connectivity index (χ4v) is 1.76. The van der Waals surface area contributed by atoms with Crippen LogP contribution in [0.15, 0.2) is 0 Å². The first-order chi connectivity index (χ1) is 7.65. The van der Waals surface area contributed by atoms with E-state index < -0.39 is 0 Å². The molecule has 0 aromatic heterocycles. The van der Waals surface area contributed by atoms with Gasteiger partial charge in [0.2, 0.25) is 6.41 Å². The van der Waals surface area contributed by atoms with Gasteiger partial charge in [-0.05, 0) is 5.92 Å². The number of ether oxygens (including phenoxy) is 1. The number of amides is 1. The van der Waals surface area contributed by atoms with Crippen LogP contribution in [0.5, 0.6) is 0 Å². The predicted octanol–water partition coefficient (Wildman–Crippen LogP) is 1.59. The van der Waals surface area contributed by atoms with Crippen LogP contribution >= 0.6 is 0 Å². The summed E-state index contributed by atoms with van der Waals surface area (Å²) in [5.41, 5.74) is 0. The molecule has 4 nitrogen and oxygen atoms in total. The third-order valence-corrected chi connectivity index (χ3v) is 3.14. The van der Waals surface area contributed by atoms with Crippen LogP contribution in [-0.4, -0.2) is 36.5 Å². The van der Waals surface area contributed by atoms with E-state index in [4.69, 9.17) is 4.74 Å². The standard InChI is InChI=1S/C12H21NO3/c1-3-10(2)8-12(15)16-11-4-6-13(9-14)7-5-11/h9-11H,3-8H2,1-2H3. The second-order valence-corrected chi connectivity index (χ2v) is 4.55. The van der Waals surface area contributed by atoms with Crippen molar-refractivity contribution in [2.24, 2.45) is 5.92 Å².